The molecule has 0 radical (unpaired) electrons. The van der Waals surface area contributed by atoms with E-state index in [4.69, 9.17) is 0 Å². The lowest BCUT2D eigenvalue weighted by Gasteiger charge is -2.37. The first kappa shape index (κ1) is 15.8. The van der Waals surface area contributed by atoms with Crippen molar-refractivity contribution in [2.45, 2.75) is 57.6 Å². The van der Waals surface area contributed by atoms with Crippen LogP contribution >= 0.6 is 0 Å². The van der Waals surface area contributed by atoms with Gasteiger partial charge in [-0.05, 0) is 44.6 Å². The third kappa shape index (κ3) is 4.19. The number of carbonyl (C=O) groups is 1. The Hall–Kier alpha value is -0.610. The molecule has 0 aliphatic heterocycles. The topological polar surface area (TPSA) is 43.8 Å². The molecular formula is C16H30N2O2. The van der Waals surface area contributed by atoms with Crippen LogP contribution in [0.3, 0.4) is 0 Å². The SMILES string of the molecule is CC1CCCCC1N(C)C(=O)CN(C)CC(O)C1CC1. The molecule has 2 saturated carbocycles. The Balaban J connectivity index is 1.77. The predicted molar refractivity (Wildman–Crippen MR) is 80.4 cm³/mol. The minimum atomic E-state index is -0.258. The average molecular weight is 282 g/mol. The molecule has 3 atom stereocenters. The van der Waals surface area contributed by atoms with Crippen LogP contribution in [0.2, 0.25) is 0 Å². The number of nitrogens with zero attached hydrogens (tertiary/aromatic N) is 2. The fraction of sp³-hybridized carbons (Fsp3) is 0.938. The summed E-state index contributed by atoms with van der Waals surface area (Å²) in [4.78, 5) is 16.3. The second kappa shape index (κ2) is 6.90. The second-order valence-electron chi connectivity index (χ2n) is 6.94. The van der Waals surface area contributed by atoms with Crippen molar-refractivity contribution in [1.29, 1.82) is 0 Å². The molecule has 20 heavy (non-hydrogen) atoms. The van der Waals surface area contributed by atoms with E-state index in [1.54, 1.807) is 0 Å². The zero-order valence-corrected chi connectivity index (χ0v) is 13.2. The van der Waals surface area contributed by atoms with E-state index in [0.29, 0.717) is 31.0 Å². The van der Waals surface area contributed by atoms with Gasteiger partial charge in [0, 0.05) is 19.6 Å². The lowest BCUT2D eigenvalue weighted by atomic mass is 9.85. The summed E-state index contributed by atoms with van der Waals surface area (Å²) in [5, 5.41) is 9.94. The van der Waals surface area contributed by atoms with E-state index in [-0.39, 0.29) is 12.0 Å². The van der Waals surface area contributed by atoms with Crippen LogP contribution < -0.4 is 0 Å². The molecule has 0 bridgehead atoms. The second-order valence-corrected chi connectivity index (χ2v) is 6.94. The highest BCUT2D eigenvalue weighted by atomic mass is 16.3. The van der Waals surface area contributed by atoms with Crippen LogP contribution in [0.1, 0.15) is 45.4 Å². The van der Waals surface area contributed by atoms with Crippen LogP contribution in [-0.2, 0) is 4.79 Å². The highest BCUT2D eigenvalue weighted by Crippen LogP contribution is 2.32. The molecule has 2 fully saturated rings. The lowest BCUT2D eigenvalue weighted by Crippen LogP contribution is -2.47. The monoisotopic (exact) mass is 282 g/mol. The van der Waals surface area contributed by atoms with Crippen molar-refractivity contribution in [3.63, 3.8) is 0 Å². The predicted octanol–water partition coefficient (Wildman–Crippen LogP) is 1.73. The molecule has 1 amide bonds. The minimum absolute atomic E-state index is 0.189. The van der Waals surface area contributed by atoms with Gasteiger partial charge in [-0.15, -0.1) is 0 Å². The van der Waals surface area contributed by atoms with E-state index in [9.17, 15) is 9.90 Å². The normalized spacial score (nSPS) is 28.4. The first-order valence-corrected chi connectivity index (χ1v) is 8.11. The Morgan fingerprint density at radius 3 is 2.45 bits per heavy atom. The largest absolute Gasteiger partial charge is 0.392 e. The molecule has 0 aromatic carbocycles. The summed E-state index contributed by atoms with van der Waals surface area (Å²) in [7, 11) is 3.88. The Morgan fingerprint density at radius 2 is 1.85 bits per heavy atom. The fourth-order valence-corrected chi connectivity index (χ4v) is 3.41. The number of hydrogen-bond acceptors (Lipinski definition) is 3. The summed E-state index contributed by atoms with van der Waals surface area (Å²) in [6, 6.07) is 0.401. The standard InChI is InChI=1S/C16H30N2O2/c1-12-6-4-5-7-14(12)18(3)16(20)11-17(2)10-15(19)13-8-9-13/h12-15,19H,4-11H2,1-3H3. The van der Waals surface area contributed by atoms with Gasteiger partial charge in [-0.2, -0.15) is 0 Å². The van der Waals surface area contributed by atoms with E-state index in [0.717, 1.165) is 19.3 Å². The Bertz CT molecular complexity index is 330. The number of likely N-dealkylation sites (N-methyl/N-ethyl adjacent to an activating group) is 2. The summed E-state index contributed by atoms with van der Waals surface area (Å²) >= 11 is 0. The third-order valence-electron chi connectivity index (χ3n) is 5.03. The number of amides is 1. The third-order valence-corrected chi connectivity index (χ3v) is 5.03. The van der Waals surface area contributed by atoms with Crippen LogP contribution in [0.4, 0.5) is 0 Å². The first-order chi connectivity index (χ1) is 9.49. The fourth-order valence-electron chi connectivity index (χ4n) is 3.41. The summed E-state index contributed by atoms with van der Waals surface area (Å²) in [5.74, 6) is 1.28. The van der Waals surface area contributed by atoms with Gasteiger partial charge in [0.05, 0.1) is 12.6 Å². The van der Waals surface area contributed by atoms with Gasteiger partial charge in [-0.25, -0.2) is 0 Å². The van der Waals surface area contributed by atoms with Crippen molar-refractivity contribution in [2.24, 2.45) is 11.8 Å². The highest BCUT2D eigenvalue weighted by molar-refractivity contribution is 5.78. The molecule has 3 unspecified atom stereocenters. The number of aliphatic hydroxyl groups excluding tert-OH is 1. The maximum atomic E-state index is 12.4. The van der Waals surface area contributed by atoms with E-state index < -0.39 is 0 Å². The van der Waals surface area contributed by atoms with Gasteiger partial charge in [0.25, 0.3) is 0 Å². The van der Waals surface area contributed by atoms with E-state index >= 15 is 0 Å². The van der Waals surface area contributed by atoms with Gasteiger partial charge in [-0.1, -0.05) is 19.8 Å². The first-order valence-electron chi connectivity index (χ1n) is 8.11. The molecule has 4 heteroatoms. The van der Waals surface area contributed by atoms with Crippen LogP contribution in [0.15, 0.2) is 0 Å². The molecule has 0 heterocycles. The smallest absolute Gasteiger partial charge is 0.236 e. The molecule has 0 saturated heterocycles. The van der Waals surface area contributed by atoms with Crippen molar-refractivity contribution in [3.05, 3.63) is 0 Å². The van der Waals surface area contributed by atoms with E-state index in [1.165, 1.54) is 19.3 Å². The van der Waals surface area contributed by atoms with Crippen LogP contribution in [0.25, 0.3) is 0 Å². The van der Waals surface area contributed by atoms with Gasteiger partial charge in [0.1, 0.15) is 0 Å². The lowest BCUT2D eigenvalue weighted by molar-refractivity contribution is -0.134. The van der Waals surface area contributed by atoms with Crippen molar-refractivity contribution in [1.82, 2.24) is 9.80 Å². The van der Waals surface area contributed by atoms with Crippen molar-refractivity contribution < 1.29 is 9.90 Å². The molecule has 2 aliphatic rings. The van der Waals surface area contributed by atoms with E-state index in [1.807, 2.05) is 23.9 Å². The Kier molecular flexibility index (Phi) is 5.44. The molecule has 0 spiro atoms. The number of carbonyl (C=O) groups excluding carboxylic acids is 1. The average Bonchev–Trinajstić information content (AvgIpc) is 3.22. The molecule has 1 N–H and O–H groups in total. The van der Waals surface area contributed by atoms with Gasteiger partial charge >= 0.3 is 0 Å². The van der Waals surface area contributed by atoms with Crippen molar-refractivity contribution in [3.8, 4) is 0 Å². The summed E-state index contributed by atoms with van der Waals surface area (Å²) in [5.41, 5.74) is 0. The van der Waals surface area contributed by atoms with E-state index in [2.05, 4.69) is 6.92 Å². The maximum absolute atomic E-state index is 12.4. The summed E-state index contributed by atoms with van der Waals surface area (Å²) in [6.07, 6.45) is 6.93. The molecule has 4 nitrogen and oxygen atoms in total. The van der Waals surface area contributed by atoms with Crippen LogP contribution in [-0.4, -0.2) is 60.1 Å². The number of aliphatic hydroxyl groups is 1. The van der Waals surface area contributed by atoms with Crippen molar-refractivity contribution >= 4 is 5.91 Å². The Labute approximate surface area is 123 Å². The zero-order chi connectivity index (χ0) is 14.7. The molecule has 0 aromatic heterocycles. The minimum Gasteiger partial charge on any atom is -0.392 e. The van der Waals surface area contributed by atoms with Crippen molar-refractivity contribution in [2.75, 3.05) is 27.2 Å². The van der Waals surface area contributed by atoms with Gasteiger partial charge < -0.3 is 10.0 Å². The number of hydrogen-bond donors (Lipinski definition) is 1. The number of rotatable bonds is 6. The van der Waals surface area contributed by atoms with Gasteiger partial charge in [0.15, 0.2) is 0 Å². The zero-order valence-electron chi connectivity index (χ0n) is 13.2. The quantitative estimate of drug-likeness (QED) is 0.807. The Morgan fingerprint density at radius 1 is 1.20 bits per heavy atom. The molecule has 2 rings (SSSR count). The van der Waals surface area contributed by atoms with Crippen LogP contribution in [0.5, 0.6) is 0 Å². The molecule has 0 aromatic rings. The molecule has 2 aliphatic carbocycles. The van der Waals surface area contributed by atoms with Crippen LogP contribution in [0, 0.1) is 11.8 Å². The van der Waals surface area contributed by atoms with Gasteiger partial charge in [-0.3, -0.25) is 9.69 Å². The van der Waals surface area contributed by atoms with Gasteiger partial charge in [0.2, 0.25) is 5.91 Å². The maximum Gasteiger partial charge on any atom is 0.236 e. The highest BCUT2D eigenvalue weighted by Gasteiger charge is 2.31. The molecule has 116 valence electrons. The summed E-state index contributed by atoms with van der Waals surface area (Å²) < 4.78 is 0. The molecular weight excluding hydrogens is 252 g/mol. The summed E-state index contributed by atoms with van der Waals surface area (Å²) in [6.45, 7) is 3.29.